The van der Waals surface area contributed by atoms with Crippen molar-refractivity contribution in [2.24, 2.45) is 16.6 Å². The van der Waals surface area contributed by atoms with Crippen molar-refractivity contribution in [3.05, 3.63) is 16.1 Å². The van der Waals surface area contributed by atoms with Crippen molar-refractivity contribution in [3.8, 4) is 0 Å². The first-order valence-electron chi connectivity index (χ1n) is 10.0. The van der Waals surface area contributed by atoms with Crippen LogP contribution in [0.1, 0.15) is 42.5 Å². The van der Waals surface area contributed by atoms with Gasteiger partial charge in [-0.15, -0.1) is 11.3 Å². The van der Waals surface area contributed by atoms with Gasteiger partial charge in [0.1, 0.15) is 0 Å². The van der Waals surface area contributed by atoms with Crippen LogP contribution in [0.3, 0.4) is 0 Å². The quantitative estimate of drug-likeness (QED) is 0.318. The third-order valence-electron chi connectivity index (χ3n) is 4.79. The molecule has 0 unspecified atom stereocenters. The highest BCUT2D eigenvalue weighted by Crippen LogP contribution is 2.16. The van der Waals surface area contributed by atoms with Crippen molar-refractivity contribution in [1.82, 2.24) is 20.5 Å². The average molecular weight is 395 g/mol. The van der Waals surface area contributed by atoms with Crippen LogP contribution in [-0.4, -0.2) is 61.0 Å². The molecular weight excluding hydrogens is 360 g/mol. The summed E-state index contributed by atoms with van der Waals surface area (Å²) >= 11 is 1.75. The molecule has 152 valence electrons. The Balaban J connectivity index is 1.59. The molecular formula is C19H34N6OS. The van der Waals surface area contributed by atoms with Crippen molar-refractivity contribution in [2.75, 3.05) is 39.3 Å². The molecule has 1 saturated heterocycles. The van der Waals surface area contributed by atoms with Crippen LogP contribution >= 0.6 is 11.3 Å². The number of carbonyl (C=O) groups excluding carboxylic acids is 1. The van der Waals surface area contributed by atoms with E-state index in [1.165, 1.54) is 4.88 Å². The number of aliphatic imine (C=N–C) groups is 1. The minimum absolute atomic E-state index is 0.0768. The summed E-state index contributed by atoms with van der Waals surface area (Å²) in [6.07, 6.45) is 6.85. The molecule has 8 heteroatoms. The lowest BCUT2D eigenvalue weighted by atomic mass is 9.96. The summed E-state index contributed by atoms with van der Waals surface area (Å²) < 4.78 is 0. The van der Waals surface area contributed by atoms with E-state index in [0.717, 1.165) is 82.3 Å². The summed E-state index contributed by atoms with van der Waals surface area (Å²) in [6, 6.07) is 0. The van der Waals surface area contributed by atoms with Gasteiger partial charge in [-0.05, 0) is 59.2 Å². The molecule has 2 heterocycles. The third kappa shape index (κ3) is 8.26. The fourth-order valence-corrected chi connectivity index (χ4v) is 4.01. The van der Waals surface area contributed by atoms with E-state index >= 15 is 0 Å². The lowest BCUT2D eigenvalue weighted by Gasteiger charge is -2.30. The molecule has 1 aromatic heterocycles. The molecule has 1 amide bonds. The molecule has 7 nitrogen and oxygen atoms in total. The van der Waals surface area contributed by atoms with Crippen LogP contribution in [0.2, 0.25) is 0 Å². The Morgan fingerprint density at radius 2 is 2.15 bits per heavy atom. The molecule has 0 radical (unpaired) electrons. The minimum atomic E-state index is -0.141. The number of nitrogens with one attached hydrogen (secondary N) is 2. The zero-order valence-corrected chi connectivity index (χ0v) is 17.5. The summed E-state index contributed by atoms with van der Waals surface area (Å²) in [7, 11) is 0. The number of aryl methyl sites for hydroxylation is 1. The summed E-state index contributed by atoms with van der Waals surface area (Å²) in [6.45, 7) is 9.73. The first kappa shape index (κ1) is 21.6. The van der Waals surface area contributed by atoms with Gasteiger partial charge in [0, 0.05) is 43.0 Å². The van der Waals surface area contributed by atoms with Crippen molar-refractivity contribution in [3.63, 3.8) is 0 Å². The SMILES string of the molecule is CCNC(=NCCCCN1CCC(C(N)=O)CC1)NCCc1ncc(C)s1. The van der Waals surface area contributed by atoms with Crippen LogP contribution in [0, 0.1) is 12.8 Å². The molecule has 0 aliphatic carbocycles. The Kier molecular flexibility index (Phi) is 9.55. The van der Waals surface area contributed by atoms with Crippen LogP contribution in [0.4, 0.5) is 0 Å². The summed E-state index contributed by atoms with van der Waals surface area (Å²) in [4.78, 5) is 24.0. The number of primary amides is 1. The average Bonchev–Trinajstić information content (AvgIpc) is 3.07. The van der Waals surface area contributed by atoms with Crippen LogP contribution in [-0.2, 0) is 11.2 Å². The number of unbranched alkanes of at least 4 members (excludes halogenated alkanes) is 1. The van der Waals surface area contributed by atoms with Gasteiger partial charge >= 0.3 is 0 Å². The highest BCUT2D eigenvalue weighted by molar-refractivity contribution is 7.11. The van der Waals surface area contributed by atoms with Gasteiger partial charge in [0.25, 0.3) is 0 Å². The smallest absolute Gasteiger partial charge is 0.220 e. The number of guanidine groups is 1. The number of aromatic nitrogens is 1. The van der Waals surface area contributed by atoms with Crippen LogP contribution in [0.5, 0.6) is 0 Å². The molecule has 1 aromatic rings. The van der Waals surface area contributed by atoms with Gasteiger partial charge in [0.05, 0.1) is 5.01 Å². The van der Waals surface area contributed by atoms with Gasteiger partial charge in [-0.25, -0.2) is 4.98 Å². The molecule has 1 aliphatic rings. The standard InChI is InChI=1S/C19H34N6OS/c1-3-21-19(23-10-6-17-24-14-15(2)27-17)22-9-4-5-11-25-12-7-16(8-13-25)18(20)26/h14,16H,3-13H2,1-2H3,(H2,20,26)(H2,21,22,23). The van der Waals surface area contributed by atoms with Crippen LogP contribution < -0.4 is 16.4 Å². The highest BCUT2D eigenvalue weighted by Gasteiger charge is 2.22. The second-order valence-corrected chi connectivity index (χ2v) is 8.35. The lowest BCUT2D eigenvalue weighted by molar-refractivity contribution is -0.123. The number of nitrogens with zero attached hydrogens (tertiary/aromatic N) is 3. The minimum Gasteiger partial charge on any atom is -0.369 e. The number of thiazole rings is 1. The number of hydrogen-bond donors (Lipinski definition) is 3. The number of nitrogens with two attached hydrogens (primary N) is 1. The van der Waals surface area contributed by atoms with Crippen molar-refractivity contribution in [2.45, 2.75) is 46.0 Å². The van der Waals surface area contributed by atoms with E-state index in [4.69, 9.17) is 5.73 Å². The Labute approximate surface area is 166 Å². The Morgan fingerprint density at radius 3 is 2.78 bits per heavy atom. The molecule has 27 heavy (non-hydrogen) atoms. The van der Waals surface area contributed by atoms with E-state index in [0.29, 0.717) is 0 Å². The predicted molar refractivity (Wildman–Crippen MR) is 112 cm³/mol. The largest absolute Gasteiger partial charge is 0.369 e. The van der Waals surface area contributed by atoms with Crippen molar-refractivity contribution >= 4 is 23.2 Å². The van der Waals surface area contributed by atoms with Gasteiger partial charge in [-0.3, -0.25) is 9.79 Å². The number of likely N-dealkylation sites (tertiary alicyclic amines) is 1. The molecule has 1 fully saturated rings. The number of rotatable bonds is 10. The number of hydrogen-bond acceptors (Lipinski definition) is 5. The monoisotopic (exact) mass is 394 g/mol. The second kappa shape index (κ2) is 11.9. The maximum atomic E-state index is 11.2. The molecule has 0 aromatic carbocycles. The molecule has 4 N–H and O–H groups in total. The number of carbonyl (C=O) groups is 1. The van der Waals surface area contributed by atoms with E-state index < -0.39 is 0 Å². The predicted octanol–water partition coefficient (Wildman–Crippen LogP) is 1.53. The molecule has 0 spiro atoms. The second-order valence-electron chi connectivity index (χ2n) is 7.03. The molecule has 0 bridgehead atoms. The van der Waals surface area contributed by atoms with Gasteiger partial charge in [-0.2, -0.15) is 0 Å². The number of amides is 1. The Hall–Kier alpha value is -1.67. The first-order valence-corrected chi connectivity index (χ1v) is 10.8. The normalized spacial score (nSPS) is 16.4. The van der Waals surface area contributed by atoms with E-state index in [-0.39, 0.29) is 11.8 Å². The third-order valence-corrected chi connectivity index (χ3v) is 5.76. The van der Waals surface area contributed by atoms with Gasteiger partial charge in [0.2, 0.25) is 5.91 Å². The van der Waals surface area contributed by atoms with Gasteiger partial charge < -0.3 is 21.3 Å². The van der Waals surface area contributed by atoms with E-state index in [9.17, 15) is 4.79 Å². The zero-order valence-electron chi connectivity index (χ0n) is 16.7. The van der Waals surface area contributed by atoms with Crippen molar-refractivity contribution < 1.29 is 4.79 Å². The Morgan fingerprint density at radius 1 is 1.37 bits per heavy atom. The molecule has 0 atom stereocenters. The molecule has 2 rings (SSSR count). The topological polar surface area (TPSA) is 95.6 Å². The molecule has 0 saturated carbocycles. The first-order chi connectivity index (χ1) is 13.1. The van der Waals surface area contributed by atoms with Crippen molar-refractivity contribution in [1.29, 1.82) is 0 Å². The fourth-order valence-electron chi connectivity index (χ4n) is 3.23. The lowest BCUT2D eigenvalue weighted by Crippen LogP contribution is -2.39. The highest BCUT2D eigenvalue weighted by atomic mass is 32.1. The number of piperidine rings is 1. The maximum Gasteiger partial charge on any atom is 0.220 e. The van der Waals surface area contributed by atoms with E-state index in [1.807, 2.05) is 6.20 Å². The fraction of sp³-hybridized carbons (Fsp3) is 0.737. The van der Waals surface area contributed by atoms with Crippen LogP contribution in [0.25, 0.3) is 0 Å². The van der Waals surface area contributed by atoms with E-state index in [2.05, 4.69) is 39.4 Å². The molecule has 1 aliphatic heterocycles. The summed E-state index contributed by atoms with van der Waals surface area (Å²) in [5, 5.41) is 7.85. The summed E-state index contributed by atoms with van der Waals surface area (Å²) in [5.74, 6) is 0.818. The van der Waals surface area contributed by atoms with Gasteiger partial charge in [-0.1, -0.05) is 0 Å². The zero-order chi connectivity index (χ0) is 19.5. The van der Waals surface area contributed by atoms with Gasteiger partial charge in [0.15, 0.2) is 5.96 Å². The summed E-state index contributed by atoms with van der Waals surface area (Å²) in [5.41, 5.74) is 5.39. The van der Waals surface area contributed by atoms with E-state index in [1.54, 1.807) is 11.3 Å². The maximum absolute atomic E-state index is 11.2. The van der Waals surface area contributed by atoms with Crippen LogP contribution in [0.15, 0.2) is 11.2 Å². The Bertz CT molecular complexity index is 595.